The molecule has 0 amide bonds. The van der Waals surface area contributed by atoms with Crippen LogP contribution < -0.4 is 23.5 Å². The maximum absolute atomic E-state index is 11.3. The summed E-state index contributed by atoms with van der Waals surface area (Å²) in [5.41, 5.74) is 8.98. The number of ether oxygens (including phenoxy) is 4. The molecule has 4 heterocycles. The zero-order chi connectivity index (χ0) is 30.8. The summed E-state index contributed by atoms with van der Waals surface area (Å²) in [6.45, 7) is 1.06. The Bertz CT molecular complexity index is 2190. The summed E-state index contributed by atoms with van der Waals surface area (Å²) in [7, 11) is 5.33. The van der Waals surface area contributed by atoms with Crippen molar-refractivity contribution in [2.75, 3.05) is 21.0 Å². The van der Waals surface area contributed by atoms with Crippen LogP contribution in [0.25, 0.3) is 44.2 Å². The van der Waals surface area contributed by atoms with E-state index in [0.717, 1.165) is 80.0 Å². The molecule has 0 N–H and O–H groups in total. The third kappa shape index (κ3) is 4.26. The molecule has 9 heteroatoms. The standard InChI is InChI=1S/C36H30N3O6/c1-37-30-10-8-25(39(40)41)15-24(30)16-31(37)22-6-4-21(5-7-22)14-28-26-9-11-32(42-2)36(43-3)29(26)19-38-13-12-23-17-33-34(45-20-44-33)18-27(23)35(28)38/h4-11,15-19H,12-14,20H2,1-3H3/q+1. The summed E-state index contributed by atoms with van der Waals surface area (Å²) in [5, 5.41) is 14.3. The van der Waals surface area contributed by atoms with E-state index < -0.39 is 0 Å². The van der Waals surface area contributed by atoms with E-state index in [1.54, 1.807) is 32.4 Å². The lowest BCUT2D eigenvalue weighted by molar-refractivity contribution is -0.686. The number of nitro benzene ring substituents is 1. The normalized spacial score (nSPS) is 13.1. The fourth-order valence-corrected chi connectivity index (χ4v) is 6.91. The Morgan fingerprint density at radius 3 is 2.49 bits per heavy atom. The van der Waals surface area contributed by atoms with Crippen LogP contribution in [0.15, 0.2) is 79.0 Å². The molecule has 2 aliphatic rings. The minimum atomic E-state index is -0.358. The third-order valence-corrected chi connectivity index (χ3v) is 9.11. The number of fused-ring (bicyclic) bond motifs is 6. The molecule has 45 heavy (non-hydrogen) atoms. The number of hydrogen-bond donors (Lipinski definition) is 0. The van der Waals surface area contributed by atoms with Gasteiger partial charge in [-0.1, -0.05) is 24.3 Å². The number of pyridine rings is 1. The van der Waals surface area contributed by atoms with Crippen molar-refractivity contribution in [1.82, 2.24) is 4.57 Å². The molecule has 0 saturated heterocycles. The lowest BCUT2D eigenvalue weighted by atomic mass is 9.88. The number of rotatable bonds is 6. The lowest BCUT2D eigenvalue weighted by Crippen LogP contribution is -2.41. The zero-order valence-electron chi connectivity index (χ0n) is 25.1. The summed E-state index contributed by atoms with van der Waals surface area (Å²) in [6, 6.07) is 23.9. The number of nitrogens with zero attached hydrogens (tertiary/aromatic N) is 3. The highest BCUT2D eigenvalue weighted by atomic mass is 16.7. The van der Waals surface area contributed by atoms with Gasteiger partial charge in [0.2, 0.25) is 12.5 Å². The average molecular weight is 601 g/mol. The Balaban J connectivity index is 1.25. The van der Waals surface area contributed by atoms with Gasteiger partial charge in [-0.15, -0.1) is 0 Å². The summed E-state index contributed by atoms with van der Waals surface area (Å²) in [6.07, 6.45) is 3.75. The molecule has 8 rings (SSSR count). The quantitative estimate of drug-likeness (QED) is 0.119. The summed E-state index contributed by atoms with van der Waals surface area (Å²) >= 11 is 0. The summed E-state index contributed by atoms with van der Waals surface area (Å²) in [5.74, 6) is 2.98. The average Bonchev–Trinajstić information content (AvgIpc) is 3.66. The fraction of sp³-hybridized carbons (Fsp3) is 0.194. The van der Waals surface area contributed by atoms with E-state index in [9.17, 15) is 10.1 Å². The van der Waals surface area contributed by atoms with Gasteiger partial charge >= 0.3 is 0 Å². The topological polar surface area (TPSA) is 88.9 Å². The number of methoxy groups -OCH3 is 2. The Morgan fingerprint density at radius 1 is 0.933 bits per heavy atom. The van der Waals surface area contributed by atoms with E-state index in [1.165, 1.54) is 11.1 Å². The highest BCUT2D eigenvalue weighted by Crippen LogP contribution is 2.44. The molecular formula is C36H30N3O6+. The second kappa shape index (κ2) is 10.3. The molecule has 9 nitrogen and oxygen atoms in total. The molecule has 2 aromatic heterocycles. The highest BCUT2D eigenvalue weighted by molar-refractivity contribution is 5.95. The van der Waals surface area contributed by atoms with Gasteiger partial charge in [-0.05, 0) is 53.1 Å². The van der Waals surface area contributed by atoms with Gasteiger partial charge in [-0.25, -0.2) is 0 Å². The van der Waals surface area contributed by atoms with Crippen molar-refractivity contribution < 1.29 is 28.4 Å². The van der Waals surface area contributed by atoms with Gasteiger partial charge in [-0.3, -0.25) is 10.1 Å². The summed E-state index contributed by atoms with van der Waals surface area (Å²) in [4.78, 5) is 11.0. The molecule has 0 fully saturated rings. The Hall–Kier alpha value is -5.57. The van der Waals surface area contributed by atoms with Crippen molar-refractivity contribution in [2.24, 2.45) is 7.05 Å². The molecule has 0 spiro atoms. The largest absolute Gasteiger partial charge is 0.493 e. The Morgan fingerprint density at radius 2 is 1.73 bits per heavy atom. The van der Waals surface area contributed by atoms with Crippen LogP contribution in [-0.2, 0) is 26.4 Å². The summed E-state index contributed by atoms with van der Waals surface area (Å²) < 4.78 is 27.4. The van der Waals surface area contributed by atoms with Crippen LogP contribution >= 0.6 is 0 Å². The van der Waals surface area contributed by atoms with Crippen LogP contribution in [-0.4, -0.2) is 30.5 Å². The SMILES string of the molecule is COc1ccc2c(Cc3ccc(-c4cc5cc([N+](=O)[O-])ccc5n4C)cc3)c3[n+](cc2c1OC)CCc1cc2c(cc1-3)OCO2. The molecular weight excluding hydrogens is 570 g/mol. The van der Waals surface area contributed by atoms with E-state index >= 15 is 0 Å². The van der Waals surface area contributed by atoms with Gasteiger partial charge in [0.05, 0.1) is 30.1 Å². The van der Waals surface area contributed by atoms with Crippen molar-refractivity contribution in [3.05, 3.63) is 106 Å². The van der Waals surface area contributed by atoms with Crippen LogP contribution in [0.5, 0.6) is 23.0 Å². The van der Waals surface area contributed by atoms with Crippen molar-refractivity contribution in [2.45, 2.75) is 19.4 Å². The van der Waals surface area contributed by atoms with Gasteiger partial charge in [0.25, 0.3) is 5.69 Å². The van der Waals surface area contributed by atoms with Gasteiger partial charge in [0.15, 0.2) is 35.7 Å². The fourth-order valence-electron chi connectivity index (χ4n) is 6.91. The second-order valence-corrected chi connectivity index (χ2v) is 11.5. The van der Waals surface area contributed by atoms with Gasteiger partial charge in [-0.2, -0.15) is 4.57 Å². The molecule has 224 valence electrons. The first kappa shape index (κ1) is 27.0. The zero-order valence-corrected chi connectivity index (χ0v) is 25.1. The van der Waals surface area contributed by atoms with Crippen molar-refractivity contribution in [1.29, 1.82) is 0 Å². The predicted molar refractivity (Wildman–Crippen MR) is 170 cm³/mol. The Kier molecular flexibility index (Phi) is 6.16. The molecule has 2 aliphatic heterocycles. The molecule has 0 radical (unpaired) electrons. The van der Waals surface area contributed by atoms with Crippen LogP contribution in [0, 0.1) is 10.1 Å². The number of aromatic nitrogens is 2. The number of nitro groups is 1. The minimum Gasteiger partial charge on any atom is -0.493 e. The number of hydrogen-bond acceptors (Lipinski definition) is 6. The minimum absolute atomic E-state index is 0.0890. The lowest BCUT2D eigenvalue weighted by Gasteiger charge is -2.21. The molecule has 6 aromatic rings. The molecule has 0 aliphatic carbocycles. The number of non-ortho nitro benzene ring substituents is 1. The number of aryl methyl sites for hydroxylation is 3. The second-order valence-electron chi connectivity index (χ2n) is 11.5. The first-order valence-electron chi connectivity index (χ1n) is 14.8. The van der Waals surface area contributed by atoms with E-state index in [0.29, 0.717) is 12.2 Å². The van der Waals surface area contributed by atoms with Gasteiger partial charge in [0, 0.05) is 59.6 Å². The molecule has 0 bridgehead atoms. The first-order valence-corrected chi connectivity index (χ1v) is 14.8. The molecule has 4 aromatic carbocycles. The van der Waals surface area contributed by atoms with Crippen LogP contribution in [0.1, 0.15) is 16.7 Å². The maximum atomic E-state index is 11.3. The van der Waals surface area contributed by atoms with Crippen molar-refractivity contribution in [3.63, 3.8) is 0 Å². The van der Waals surface area contributed by atoms with E-state index in [2.05, 4.69) is 57.8 Å². The predicted octanol–water partition coefficient (Wildman–Crippen LogP) is 6.75. The molecule has 0 saturated carbocycles. The molecule has 0 unspecified atom stereocenters. The van der Waals surface area contributed by atoms with Crippen molar-refractivity contribution >= 4 is 27.4 Å². The third-order valence-electron chi connectivity index (χ3n) is 9.11. The maximum Gasteiger partial charge on any atom is 0.270 e. The first-order chi connectivity index (χ1) is 21.9. The van der Waals surface area contributed by atoms with Crippen LogP contribution in [0.3, 0.4) is 0 Å². The molecule has 0 atom stereocenters. The van der Waals surface area contributed by atoms with Crippen molar-refractivity contribution in [3.8, 4) is 45.5 Å². The Labute approximate surface area is 258 Å². The van der Waals surface area contributed by atoms with Gasteiger partial charge < -0.3 is 23.5 Å². The van der Waals surface area contributed by atoms with E-state index in [4.69, 9.17) is 18.9 Å². The smallest absolute Gasteiger partial charge is 0.270 e. The van der Waals surface area contributed by atoms with Crippen LogP contribution in [0.4, 0.5) is 5.69 Å². The van der Waals surface area contributed by atoms with Crippen LogP contribution in [0.2, 0.25) is 0 Å². The monoisotopic (exact) mass is 600 g/mol. The van der Waals surface area contributed by atoms with E-state index in [-0.39, 0.29) is 17.4 Å². The number of benzene rings is 4. The van der Waals surface area contributed by atoms with E-state index in [1.807, 2.05) is 19.2 Å². The van der Waals surface area contributed by atoms with Gasteiger partial charge in [0.1, 0.15) is 0 Å². The highest BCUT2D eigenvalue weighted by Gasteiger charge is 2.32.